The lowest BCUT2D eigenvalue weighted by molar-refractivity contribution is -0.117. The van der Waals surface area contributed by atoms with E-state index in [2.05, 4.69) is 23.8 Å². The molecule has 1 aromatic rings. The summed E-state index contributed by atoms with van der Waals surface area (Å²) in [6, 6.07) is 5.95. The van der Waals surface area contributed by atoms with E-state index < -0.39 is 6.04 Å². The highest BCUT2D eigenvalue weighted by Gasteiger charge is 2.12. The Bertz CT molecular complexity index is 494. The van der Waals surface area contributed by atoms with Crippen LogP contribution in [0.1, 0.15) is 16.8 Å². The number of carbonyl (C=O) groups excluding carboxylic acids is 2. The van der Waals surface area contributed by atoms with E-state index in [-0.39, 0.29) is 11.8 Å². The number of amides is 2. The minimum atomic E-state index is -0.622. The van der Waals surface area contributed by atoms with Crippen molar-refractivity contribution < 1.29 is 9.59 Å². The number of nitrogens with one attached hydrogen (secondary N) is 2. The van der Waals surface area contributed by atoms with Crippen LogP contribution < -0.4 is 16.4 Å². The van der Waals surface area contributed by atoms with Crippen molar-refractivity contribution in [1.29, 1.82) is 0 Å². The standard InChI is InChI=1S/C15H19N3O2/c1-3-5-13(16)15(20)18-12-8-6-11(7-9-12)14(19)17-10-4-2/h3-4,6-9,13H,1-2,5,10,16H2,(H,17,19)(H,18,20). The summed E-state index contributed by atoms with van der Waals surface area (Å²) in [7, 11) is 0. The molecule has 0 spiro atoms. The summed E-state index contributed by atoms with van der Waals surface area (Å²) in [4.78, 5) is 23.3. The molecule has 20 heavy (non-hydrogen) atoms. The fourth-order valence-corrected chi connectivity index (χ4v) is 1.49. The lowest BCUT2D eigenvalue weighted by Gasteiger charge is -2.10. The topological polar surface area (TPSA) is 84.2 Å². The first-order valence-corrected chi connectivity index (χ1v) is 6.25. The van der Waals surface area contributed by atoms with Crippen LogP contribution in [-0.2, 0) is 4.79 Å². The maximum absolute atomic E-state index is 11.7. The summed E-state index contributed by atoms with van der Waals surface area (Å²) in [5.41, 5.74) is 6.76. The van der Waals surface area contributed by atoms with Gasteiger partial charge in [-0.2, -0.15) is 0 Å². The molecule has 0 aliphatic rings. The van der Waals surface area contributed by atoms with Crippen molar-refractivity contribution in [3.05, 3.63) is 55.1 Å². The maximum Gasteiger partial charge on any atom is 0.251 e. The van der Waals surface area contributed by atoms with E-state index in [0.717, 1.165) is 0 Å². The number of carbonyl (C=O) groups is 2. The first-order chi connectivity index (χ1) is 9.58. The van der Waals surface area contributed by atoms with Crippen LogP contribution >= 0.6 is 0 Å². The molecule has 5 heteroatoms. The van der Waals surface area contributed by atoms with Crippen LogP contribution in [0.2, 0.25) is 0 Å². The van der Waals surface area contributed by atoms with Crippen molar-refractivity contribution in [3.63, 3.8) is 0 Å². The average molecular weight is 273 g/mol. The molecule has 0 aliphatic carbocycles. The van der Waals surface area contributed by atoms with Gasteiger partial charge in [0, 0.05) is 17.8 Å². The molecule has 1 unspecified atom stereocenters. The predicted molar refractivity (Wildman–Crippen MR) is 80.4 cm³/mol. The molecule has 5 nitrogen and oxygen atoms in total. The molecule has 0 aromatic heterocycles. The summed E-state index contributed by atoms with van der Waals surface area (Å²) in [6.45, 7) is 7.47. The Morgan fingerprint density at radius 3 is 2.40 bits per heavy atom. The number of anilines is 1. The molecular formula is C15H19N3O2. The minimum Gasteiger partial charge on any atom is -0.349 e. The van der Waals surface area contributed by atoms with Crippen molar-refractivity contribution >= 4 is 17.5 Å². The van der Waals surface area contributed by atoms with Gasteiger partial charge in [0.2, 0.25) is 5.91 Å². The Morgan fingerprint density at radius 2 is 1.85 bits per heavy atom. The molecule has 4 N–H and O–H groups in total. The van der Waals surface area contributed by atoms with Crippen LogP contribution in [0.3, 0.4) is 0 Å². The molecule has 1 rings (SSSR count). The van der Waals surface area contributed by atoms with E-state index in [1.54, 1.807) is 36.4 Å². The number of hydrogen-bond donors (Lipinski definition) is 3. The Hall–Kier alpha value is -2.40. The molecule has 0 saturated heterocycles. The molecule has 0 saturated carbocycles. The zero-order valence-electron chi connectivity index (χ0n) is 11.3. The first kappa shape index (κ1) is 15.7. The van der Waals surface area contributed by atoms with Gasteiger partial charge in [-0.3, -0.25) is 9.59 Å². The Labute approximate surface area is 118 Å². The van der Waals surface area contributed by atoms with E-state index >= 15 is 0 Å². The highest BCUT2D eigenvalue weighted by Crippen LogP contribution is 2.10. The summed E-state index contributed by atoms with van der Waals surface area (Å²) in [5, 5.41) is 5.34. The van der Waals surface area contributed by atoms with Gasteiger partial charge in [0.1, 0.15) is 0 Å². The second-order valence-corrected chi connectivity index (χ2v) is 4.20. The zero-order valence-corrected chi connectivity index (χ0v) is 11.3. The van der Waals surface area contributed by atoms with Crippen LogP contribution in [0.15, 0.2) is 49.6 Å². The van der Waals surface area contributed by atoms with Gasteiger partial charge in [-0.25, -0.2) is 0 Å². The molecular weight excluding hydrogens is 254 g/mol. The van der Waals surface area contributed by atoms with E-state index in [1.165, 1.54) is 0 Å². The largest absolute Gasteiger partial charge is 0.349 e. The van der Waals surface area contributed by atoms with E-state index in [4.69, 9.17) is 5.73 Å². The van der Waals surface area contributed by atoms with Crippen LogP contribution in [0.4, 0.5) is 5.69 Å². The maximum atomic E-state index is 11.7. The van der Waals surface area contributed by atoms with Crippen LogP contribution in [0.25, 0.3) is 0 Å². The lowest BCUT2D eigenvalue weighted by atomic mass is 10.1. The van der Waals surface area contributed by atoms with Crippen molar-refractivity contribution in [1.82, 2.24) is 5.32 Å². The third-order valence-electron chi connectivity index (χ3n) is 2.58. The third-order valence-corrected chi connectivity index (χ3v) is 2.58. The van der Waals surface area contributed by atoms with E-state index in [0.29, 0.717) is 24.2 Å². The highest BCUT2D eigenvalue weighted by molar-refractivity contribution is 5.97. The van der Waals surface area contributed by atoms with Crippen molar-refractivity contribution in [3.8, 4) is 0 Å². The van der Waals surface area contributed by atoms with Gasteiger partial charge in [-0.1, -0.05) is 12.2 Å². The fraction of sp³-hybridized carbons (Fsp3) is 0.200. The van der Waals surface area contributed by atoms with E-state index in [9.17, 15) is 9.59 Å². The predicted octanol–water partition coefficient (Wildman–Crippen LogP) is 1.44. The smallest absolute Gasteiger partial charge is 0.251 e. The number of nitrogens with two attached hydrogens (primary N) is 1. The van der Waals surface area contributed by atoms with Crippen molar-refractivity contribution in [2.24, 2.45) is 5.73 Å². The van der Waals surface area contributed by atoms with E-state index in [1.807, 2.05) is 0 Å². The average Bonchev–Trinajstić information content (AvgIpc) is 2.45. The monoisotopic (exact) mass is 273 g/mol. The Kier molecular flexibility index (Phi) is 6.19. The normalized spacial score (nSPS) is 11.2. The van der Waals surface area contributed by atoms with Gasteiger partial charge in [-0.15, -0.1) is 13.2 Å². The zero-order chi connectivity index (χ0) is 15.0. The van der Waals surface area contributed by atoms with Gasteiger partial charge in [-0.05, 0) is 30.7 Å². The second kappa shape index (κ2) is 7.91. The SMILES string of the molecule is C=CCNC(=O)c1ccc(NC(=O)C(N)CC=C)cc1. The summed E-state index contributed by atoms with van der Waals surface area (Å²) < 4.78 is 0. The first-order valence-electron chi connectivity index (χ1n) is 6.25. The highest BCUT2D eigenvalue weighted by atomic mass is 16.2. The van der Waals surface area contributed by atoms with Crippen molar-refractivity contribution in [2.45, 2.75) is 12.5 Å². The van der Waals surface area contributed by atoms with Crippen LogP contribution in [0, 0.1) is 0 Å². The van der Waals surface area contributed by atoms with Crippen molar-refractivity contribution in [2.75, 3.05) is 11.9 Å². The van der Waals surface area contributed by atoms with Gasteiger partial charge >= 0.3 is 0 Å². The van der Waals surface area contributed by atoms with Crippen LogP contribution in [0.5, 0.6) is 0 Å². The molecule has 106 valence electrons. The molecule has 2 amide bonds. The number of rotatable bonds is 7. The summed E-state index contributed by atoms with van der Waals surface area (Å²) in [6.07, 6.45) is 3.61. The molecule has 0 heterocycles. The quantitative estimate of drug-likeness (QED) is 0.657. The lowest BCUT2D eigenvalue weighted by Crippen LogP contribution is -2.35. The molecule has 0 radical (unpaired) electrons. The fourth-order valence-electron chi connectivity index (χ4n) is 1.49. The second-order valence-electron chi connectivity index (χ2n) is 4.20. The Morgan fingerprint density at radius 1 is 1.20 bits per heavy atom. The third kappa shape index (κ3) is 4.70. The molecule has 1 aromatic carbocycles. The summed E-state index contributed by atoms with van der Waals surface area (Å²) in [5.74, 6) is -0.472. The molecule has 0 fully saturated rings. The van der Waals surface area contributed by atoms with Gasteiger partial charge in [0.05, 0.1) is 6.04 Å². The molecule has 1 atom stereocenters. The van der Waals surface area contributed by atoms with Crippen LogP contribution in [-0.4, -0.2) is 24.4 Å². The Balaban J connectivity index is 2.62. The molecule has 0 aliphatic heterocycles. The minimum absolute atomic E-state index is 0.189. The van der Waals surface area contributed by atoms with Gasteiger partial charge in [0.15, 0.2) is 0 Å². The molecule has 0 bridgehead atoms. The van der Waals surface area contributed by atoms with Gasteiger partial charge in [0.25, 0.3) is 5.91 Å². The number of hydrogen-bond acceptors (Lipinski definition) is 3. The summed E-state index contributed by atoms with van der Waals surface area (Å²) >= 11 is 0. The number of benzene rings is 1. The van der Waals surface area contributed by atoms with Gasteiger partial charge < -0.3 is 16.4 Å².